The first-order valence-corrected chi connectivity index (χ1v) is 7.73. The van der Waals surface area contributed by atoms with Gasteiger partial charge in [0.15, 0.2) is 0 Å². The lowest BCUT2D eigenvalue weighted by molar-refractivity contribution is 0.202. The first kappa shape index (κ1) is 13.4. The third-order valence-electron chi connectivity index (χ3n) is 4.93. The van der Waals surface area contributed by atoms with Gasteiger partial charge in [0.1, 0.15) is 0 Å². The summed E-state index contributed by atoms with van der Waals surface area (Å²) in [5.74, 6) is 1.01. The highest BCUT2D eigenvalue weighted by Crippen LogP contribution is 2.27. The topological polar surface area (TPSA) is 15.3 Å². The van der Waals surface area contributed by atoms with Crippen molar-refractivity contribution in [2.75, 3.05) is 20.1 Å². The summed E-state index contributed by atoms with van der Waals surface area (Å²) < 4.78 is 0. The van der Waals surface area contributed by atoms with Crippen LogP contribution in [-0.2, 0) is 0 Å². The van der Waals surface area contributed by atoms with Gasteiger partial charge in [-0.05, 0) is 51.6 Å². The van der Waals surface area contributed by atoms with Gasteiger partial charge in [0.2, 0.25) is 0 Å². The Labute approximate surface area is 107 Å². The molecule has 1 aliphatic carbocycles. The highest BCUT2D eigenvalue weighted by atomic mass is 15.2. The first-order valence-electron chi connectivity index (χ1n) is 7.73. The summed E-state index contributed by atoms with van der Waals surface area (Å²) in [4.78, 5) is 2.64. The molecule has 2 nitrogen and oxygen atoms in total. The second kappa shape index (κ2) is 6.75. The van der Waals surface area contributed by atoms with Crippen LogP contribution in [-0.4, -0.2) is 37.1 Å². The van der Waals surface area contributed by atoms with Crippen molar-refractivity contribution in [2.24, 2.45) is 5.92 Å². The maximum absolute atomic E-state index is 3.62. The third kappa shape index (κ3) is 3.96. The van der Waals surface area contributed by atoms with Gasteiger partial charge in [0.05, 0.1) is 0 Å². The Morgan fingerprint density at radius 2 is 1.94 bits per heavy atom. The molecule has 1 aliphatic heterocycles. The van der Waals surface area contributed by atoms with Gasteiger partial charge in [-0.3, -0.25) is 0 Å². The summed E-state index contributed by atoms with van der Waals surface area (Å²) in [6, 6.07) is 1.62. The van der Waals surface area contributed by atoms with Crippen molar-refractivity contribution in [3.8, 4) is 0 Å². The lowest BCUT2D eigenvalue weighted by Crippen LogP contribution is -2.40. The Bertz CT molecular complexity index is 211. The van der Waals surface area contributed by atoms with Crippen molar-refractivity contribution in [1.82, 2.24) is 10.2 Å². The van der Waals surface area contributed by atoms with E-state index in [9.17, 15) is 0 Å². The number of hydrogen-bond acceptors (Lipinski definition) is 2. The summed E-state index contributed by atoms with van der Waals surface area (Å²) in [6.07, 6.45) is 11.4. The Balaban J connectivity index is 1.75. The zero-order chi connectivity index (χ0) is 12.1. The van der Waals surface area contributed by atoms with E-state index in [1.807, 2.05) is 0 Å². The van der Waals surface area contributed by atoms with E-state index < -0.39 is 0 Å². The Hall–Kier alpha value is -0.0800. The van der Waals surface area contributed by atoms with Crippen LogP contribution in [0.15, 0.2) is 0 Å². The molecule has 17 heavy (non-hydrogen) atoms. The van der Waals surface area contributed by atoms with Crippen LogP contribution in [0.2, 0.25) is 0 Å². The number of rotatable bonds is 4. The summed E-state index contributed by atoms with van der Waals surface area (Å²) >= 11 is 0. The molecule has 0 aromatic heterocycles. The van der Waals surface area contributed by atoms with Gasteiger partial charge >= 0.3 is 0 Å². The molecule has 100 valence electrons. The summed E-state index contributed by atoms with van der Waals surface area (Å²) in [7, 11) is 2.34. The second-order valence-corrected chi connectivity index (χ2v) is 6.17. The van der Waals surface area contributed by atoms with Crippen LogP contribution in [0.1, 0.15) is 58.3 Å². The highest BCUT2D eigenvalue weighted by Gasteiger charge is 2.23. The molecule has 1 saturated heterocycles. The number of likely N-dealkylation sites (N-methyl/N-ethyl adjacent to an activating group) is 1. The van der Waals surface area contributed by atoms with E-state index >= 15 is 0 Å². The molecule has 2 aliphatic rings. The molecule has 2 heteroatoms. The van der Waals surface area contributed by atoms with Crippen molar-refractivity contribution < 1.29 is 0 Å². The van der Waals surface area contributed by atoms with Crippen LogP contribution in [0.25, 0.3) is 0 Å². The maximum Gasteiger partial charge on any atom is 0.0195 e. The predicted molar refractivity (Wildman–Crippen MR) is 74.3 cm³/mol. The molecule has 2 rings (SSSR count). The monoisotopic (exact) mass is 238 g/mol. The summed E-state index contributed by atoms with van der Waals surface area (Å²) in [6.45, 7) is 4.86. The quantitative estimate of drug-likeness (QED) is 0.757. The SMILES string of the molecule is CCC1CCCC(N(C)CC2CCCN2)CC1. The normalized spacial score (nSPS) is 35.1. The van der Waals surface area contributed by atoms with Crippen molar-refractivity contribution in [3.05, 3.63) is 0 Å². The molecule has 0 aromatic rings. The van der Waals surface area contributed by atoms with Gasteiger partial charge < -0.3 is 10.2 Å². The van der Waals surface area contributed by atoms with Crippen LogP contribution in [0.3, 0.4) is 0 Å². The minimum atomic E-state index is 0.769. The molecule has 3 unspecified atom stereocenters. The maximum atomic E-state index is 3.62. The summed E-state index contributed by atoms with van der Waals surface area (Å²) in [5, 5.41) is 3.62. The smallest absolute Gasteiger partial charge is 0.0195 e. The van der Waals surface area contributed by atoms with E-state index in [0.717, 1.165) is 18.0 Å². The second-order valence-electron chi connectivity index (χ2n) is 6.17. The van der Waals surface area contributed by atoms with Crippen molar-refractivity contribution in [1.29, 1.82) is 0 Å². The molecule has 0 amide bonds. The minimum absolute atomic E-state index is 0.769. The molecule has 0 spiro atoms. The van der Waals surface area contributed by atoms with Crippen LogP contribution < -0.4 is 5.32 Å². The third-order valence-corrected chi connectivity index (χ3v) is 4.93. The minimum Gasteiger partial charge on any atom is -0.313 e. The molecule has 3 atom stereocenters. The van der Waals surface area contributed by atoms with E-state index in [1.165, 1.54) is 64.5 Å². The Morgan fingerprint density at radius 1 is 1.06 bits per heavy atom. The zero-order valence-corrected chi connectivity index (χ0v) is 11.8. The molecular formula is C15H30N2. The lowest BCUT2D eigenvalue weighted by Gasteiger charge is -2.29. The van der Waals surface area contributed by atoms with Crippen molar-refractivity contribution >= 4 is 0 Å². The van der Waals surface area contributed by atoms with Crippen molar-refractivity contribution in [3.63, 3.8) is 0 Å². The number of nitrogens with zero attached hydrogens (tertiary/aromatic N) is 1. The van der Waals surface area contributed by atoms with Gasteiger partial charge in [-0.2, -0.15) is 0 Å². The zero-order valence-electron chi connectivity index (χ0n) is 11.8. The molecule has 2 fully saturated rings. The van der Waals surface area contributed by atoms with E-state index in [2.05, 4.69) is 24.2 Å². The molecule has 1 N–H and O–H groups in total. The van der Waals surface area contributed by atoms with Crippen LogP contribution >= 0.6 is 0 Å². The predicted octanol–water partition coefficient (Wildman–Crippen LogP) is 3.03. The van der Waals surface area contributed by atoms with Crippen LogP contribution in [0, 0.1) is 5.92 Å². The van der Waals surface area contributed by atoms with Gasteiger partial charge in [0, 0.05) is 18.6 Å². The van der Waals surface area contributed by atoms with E-state index in [4.69, 9.17) is 0 Å². The summed E-state index contributed by atoms with van der Waals surface area (Å²) in [5.41, 5.74) is 0. The van der Waals surface area contributed by atoms with Gasteiger partial charge in [-0.25, -0.2) is 0 Å². The molecule has 1 saturated carbocycles. The standard InChI is InChI=1S/C15H30N2/c1-3-13-6-4-8-15(10-9-13)17(2)12-14-7-5-11-16-14/h13-16H,3-12H2,1-2H3. The fraction of sp³-hybridized carbons (Fsp3) is 1.00. The first-order chi connectivity index (χ1) is 8.29. The molecule has 0 radical (unpaired) electrons. The average Bonchev–Trinajstić information content (AvgIpc) is 2.71. The van der Waals surface area contributed by atoms with Crippen LogP contribution in [0.4, 0.5) is 0 Å². The van der Waals surface area contributed by atoms with E-state index in [1.54, 1.807) is 0 Å². The van der Waals surface area contributed by atoms with Gasteiger partial charge in [-0.1, -0.05) is 26.2 Å². The fourth-order valence-corrected chi connectivity index (χ4v) is 3.62. The average molecular weight is 238 g/mol. The molecule has 0 bridgehead atoms. The van der Waals surface area contributed by atoms with Crippen molar-refractivity contribution in [2.45, 2.75) is 70.4 Å². The fourth-order valence-electron chi connectivity index (χ4n) is 3.62. The number of hydrogen-bond donors (Lipinski definition) is 1. The molecule has 1 heterocycles. The lowest BCUT2D eigenvalue weighted by atomic mass is 9.97. The van der Waals surface area contributed by atoms with Gasteiger partial charge in [-0.15, -0.1) is 0 Å². The van der Waals surface area contributed by atoms with E-state index in [-0.39, 0.29) is 0 Å². The largest absolute Gasteiger partial charge is 0.313 e. The number of nitrogens with one attached hydrogen (secondary N) is 1. The van der Waals surface area contributed by atoms with Gasteiger partial charge in [0.25, 0.3) is 0 Å². The highest BCUT2D eigenvalue weighted by molar-refractivity contribution is 4.81. The van der Waals surface area contributed by atoms with E-state index in [0.29, 0.717) is 0 Å². The molecule has 0 aromatic carbocycles. The molecular weight excluding hydrogens is 208 g/mol. The Morgan fingerprint density at radius 3 is 2.65 bits per heavy atom. The van der Waals surface area contributed by atoms with Crippen LogP contribution in [0.5, 0.6) is 0 Å². The Kier molecular flexibility index (Phi) is 5.30.